The van der Waals surface area contributed by atoms with Crippen LogP contribution < -0.4 is 0 Å². The lowest BCUT2D eigenvalue weighted by Gasteiger charge is -2.14. The van der Waals surface area contributed by atoms with Crippen molar-refractivity contribution in [1.82, 2.24) is 0 Å². The highest BCUT2D eigenvalue weighted by molar-refractivity contribution is 7.91. The van der Waals surface area contributed by atoms with Gasteiger partial charge in [0, 0.05) is 6.26 Å². The van der Waals surface area contributed by atoms with Crippen molar-refractivity contribution in [1.29, 1.82) is 0 Å². The largest absolute Gasteiger partial charge is 0.392 e. The summed E-state index contributed by atoms with van der Waals surface area (Å²) in [7, 11) is -3.06. The van der Waals surface area contributed by atoms with Crippen molar-refractivity contribution >= 4 is 9.84 Å². The Morgan fingerprint density at radius 1 is 1.50 bits per heavy atom. The van der Waals surface area contributed by atoms with Gasteiger partial charge >= 0.3 is 0 Å². The first-order valence-electron chi connectivity index (χ1n) is 3.26. The highest BCUT2D eigenvalue weighted by Gasteiger charge is 2.23. The number of hydrogen-bond donors (Lipinski definition) is 1. The van der Waals surface area contributed by atoms with Crippen molar-refractivity contribution in [3.63, 3.8) is 0 Å². The molecule has 0 aromatic heterocycles. The average molecular weight is 166 g/mol. The molecule has 1 N–H and O–H groups in total. The Labute approximate surface area is 62.0 Å². The Bertz CT molecular complexity index is 181. The first kappa shape index (κ1) is 9.91. The van der Waals surface area contributed by atoms with Crippen LogP contribution in [0.2, 0.25) is 0 Å². The fraction of sp³-hybridized carbons (Fsp3) is 1.00. The van der Waals surface area contributed by atoms with Gasteiger partial charge in [0.2, 0.25) is 0 Å². The van der Waals surface area contributed by atoms with Crippen LogP contribution in [0.15, 0.2) is 0 Å². The van der Waals surface area contributed by atoms with Gasteiger partial charge < -0.3 is 5.11 Å². The maximum absolute atomic E-state index is 10.8. The fourth-order valence-electron chi connectivity index (χ4n) is 1.00. The minimum atomic E-state index is -3.06. The maximum Gasteiger partial charge on any atom is 0.152 e. The van der Waals surface area contributed by atoms with Gasteiger partial charge in [-0.2, -0.15) is 0 Å². The summed E-state index contributed by atoms with van der Waals surface area (Å²) in [5.74, 6) is 0. The number of aliphatic hydroxyl groups excluding tert-OH is 1. The molecule has 0 unspecified atom stereocenters. The van der Waals surface area contributed by atoms with Gasteiger partial charge in [0.1, 0.15) is 0 Å². The van der Waals surface area contributed by atoms with Crippen LogP contribution in [0.3, 0.4) is 0 Å². The Balaban J connectivity index is 4.38. The molecule has 2 atom stereocenters. The summed E-state index contributed by atoms with van der Waals surface area (Å²) in [5.41, 5.74) is 0. The Kier molecular flexibility index (Phi) is 3.31. The van der Waals surface area contributed by atoms with Crippen LogP contribution in [0.25, 0.3) is 0 Å². The van der Waals surface area contributed by atoms with Crippen LogP contribution >= 0.6 is 0 Å². The number of rotatable bonds is 3. The number of hydrogen-bond acceptors (Lipinski definition) is 3. The second kappa shape index (κ2) is 3.34. The third-order valence-corrected chi connectivity index (χ3v) is 3.32. The summed E-state index contributed by atoms with van der Waals surface area (Å²) < 4.78 is 21.7. The molecular formula is C6H14O3S. The predicted octanol–water partition coefficient (Wildman–Crippen LogP) is 0.190. The Morgan fingerprint density at radius 3 is 1.90 bits per heavy atom. The molecule has 62 valence electrons. The van der Waals surface area contributed by atoms with Crippen LogP contribution in [0.4, 0.5) is 0 Å². The van der Waals surface area contributed by atoms with Gasteiger partial charge in [-0.3, -0.25) is 0 Å². The molecule has 0 spiro atoms. The molecule has 0 amide bonds. The fourth-order valence-corrected chi connectivity index (χ4v) is 2.32. The summed E-state index contributed by atoms with van der Waals surface area (Å²) in [6, 6.07) is 0. The first-order chi connectivity index (χ1) is 4.39. The van der Waals surface area contributed by atoms with Gasteiger partial charge in [0.15, 0.2) is 9.84 Å². The number of sulfone groups is 1. The van der Waals surface area contributed by atoms with Gasteiger partial charge in [0.25, 0.3) is 0 Å². The predicted molar refractivity (Wildman–Crippen MR) is 40.6 cm³/mol. The molecule has 0 aromatic rings. The first-order valence-corrected chi connectivity index (χ1v) is 5.22. The molecule has 4 heteroatoms. The molecule has 0 heterocycles. The van der Waals surface area contributed by atoms with E-state index < -0.39 is 21.2 Å². The zero-order valence-electron chi connectivity index (χ0n) is 6.53. The van der Waals surface area contributed by atoms with Crippen molar-refractivity contribution in [3.05, 3.63) is 0 Å². The molecule has 3 nitrogen and oxygen atoms in total. The van der Waals surface area contributed by atoms with Gasteiger partial charge in [-0.05, 0) is 13.3 Å². The van der Waals surface area contributed by atoms with Crippen LogP contribution in [0.5, 0.6) is 0 Å². The summed E-state index contributed by atoms with van der Waals surface area (Å²) in [6.45, 7) is 3.24. The molecule has 0 aliphatic carbocycles. The topological polar surface area (TPSA) is 54.4 Å². The second-order valence-corrected chi connectivity index (χ2v) is 4.78. The summed E-state index contributed by atoms with van der Waals surface area (Å²) in [6.07, 6.45) is 0.852. The van der Waals surface area contributed by atoms with Crippen molar-refractivity contribution in [2.45, 2.75) is 31.6 Å². The highest BCUT2D eigenvalue weighted by Crippen LogP contribution is 2.08. The number of aliphatic hydroxyl groups is 1. The summed E-state index contributed by atoms with van der Waals surface area (Å²) >= 11 is 0. The molecule has 0 rings (SSSR count). The standard InChI is InChI=1S/C6H14O3S/c1-4-6(5(2)7)10(3,8)9/h5-7H,4H2,1-3H3/t5-,6-/m1/s1. The molecular weight excluding hydrogens is 152 g/mol. The molecule has 0 saturated heterocycles. The lowest BCUT2D eigenvalue weighted by Crippen LogP contribution is -2.30. The van der Waals surface area contributed by atoms with Crippen LogP contribution in [-0.2, 0) is 9.84 Å². The highest BCUT2D eigenvalue weighted by atomic mass is 32.2. The van der Waals surface area contributed by atoms with E-state index >= 15 is 0 Å². The molecule has 10 heavy (non-hydrogen) atoms. The minimum absolute atomic E-state index is 0.469. The van der Waals surface area contributed by atoms with E-state index in [4.69, 9.17) is 5.11 Å². The SMILES string of the molecule is CC[C@H]([C@@H](C)O)S(C)(=O)=O. The molecule has 0 aromatic carbocycles. The monoisotopic (exact) mass is 166 g/mol. The molecule has 0 radical (unpaired) electrons. The summed E-state index contributed by atoms with van der Waals surface area (Å²) in [4.78, 5) is 0. The maximum atomic E-state index is 10.8. The van der Waals surface area contributed by atoms with Gasteiger partial charge in [-0.25, -0.2) is 8.42 Å². The van der Waals surface area contributed by atoms with E-state index in [9.17, 15) is 8.42 Å². The van der Waals surface area contributed by atoms with Crippen molar-refractivity contribution < 1.29 is 13.5 Å². The molecule has 0 saturated carbocycles. The normalized spacial score (nSPS) is 18.4. The minimum Gasteiger partial charge on any atom is -0.392 e. The van der Waals surface area contributed by atoms with E-state index in [2.05, 4.69) is 0 Å². The zero-order chi connectivity index (χ0) is 8.36. The van der Waals surface area contributed by atoms with Crippen molar-refractivity contribution in [2.75, 3.05) is 6.26 Å². The molecule has 0 fully saturated rings. The molecule has 0 aliphatic heterocycles. The van der Waals surface area contributed by atoms with E-state index in [0.29, 0.717) is 6.42 Å². The average Bonchev–Trinajstić information content (AvgIpc) is 1.60. The van der Waals surface area contributed by atoms with E-state index in [1.165, 1.54) is 6.92 Å². The Morgan fingerprint density at radius 2 is 1.90 bits per heavy atom. The van der Waals surface area contributed by atoms with E-state index in [0.717, 1.165) is 6.26 Å². The van der Waals surface area contributed by atoms with Gasteiger partial charge in [-0.1, -0.05) is 6.92 Å². The zero-order valence-corrected chi connectivity index (χ0v) is 7.35. The Hall–Kier alpha value is -0.0900. The van der Waals surface area contributed by atoms with E-state index in [1.54, 1.807) is 6.92 Å². The van der Waals surface area contributed by atoms with Gasteiger partial charge in [0.05, 0.1) is 11.4 Å². The smallest absolute Gasteiger partial charge is 0.152 e. The van der Waals surface area contributed by atoms with Crippen LogP contribution in [-0.4, -0.2) is 31.1 Å². The second-order valence-electron chi connectivity index (χ2n) is 2.52. The van der Waals surface area contributed by atoms with Gasteiger partial charge in [-0.15, -0.1) is 0 Å². The van der Waals surface area contributed by atoms with Crippen LogP contribution in [0.1, 0.15) is 20.3 Å². The third kappa shape index (κ3) is 2.66. The van der Waals surface area contributed by atoms with Crippen molar-refractivity contribution in [2.24, 2.45) is 0 Å². The lowest BCUT2D eigenvalue weighted by molar-refractivity contribution is 0.186. The lowest BCUT2D eigenvalue weighted by atomic mass is 10.2. The quantitative estimate of drug-likeness (QED) is 0.651. The van der Waals surface area contributed by atoms with E-state index in [1.807, 2.05) is 0 Å². The van der Waals surface area contributed by atoms with E-state index in [-0.39, 0.29) is 0 Å². The molecule has 0 bridgehead atoms. The molecule has 0 aliphatic rings. The summed E-state index contributed by atoms with van der Waals surface area (Å²) in [5, 5.41) is 8.36. The van der Waals surface area contributed by atoms with Crippen LogP contribution in [0, 0.1) is 0 Å². The van der Waals surface area contributed by atoms with Crippen molar-refractivity contribution in [3.8, 4) is 0 Å². The third-order valence-electron chi connectivity index (χ3n) is 1.49.